The lowest BCUT2D eigenvalue weighted by Crippen LogP contribution is -2.37. The molecular formula is C19H27N5O4. The Bertz CT molecular complexity index is 791. The maximum Gasteiger partial charge on any atom is 0.243 e. The molecule has 0 bridgehead atoms. The van der Waals surface area contributed by atoms with Crippen LogP contribution in [-0.4, -0.2) is 51.4 Å². The third-order valence-corrected chi connectivity index (χ3v) is 5.71. The zero-order chi connectivity index (χ0) is 20.4. The summed E-state index contributed by atoms with van der Waals surface area (Å²) in [5.74, 6) is -1.44. The van der Waals surface area contributed by atoms with E-state index in [1.165, 1.54) is 4.90 Å². The monoisotopic (exact) mass is 389 g/mol. The Hall–Kier alpha value is -2.71. The molecule has 0 unspecified atom stereocenters. The van der Waals surface area contributed by atoms with Gasteiger partial charge in [0.15, 0.2) is 0 Å². The number of nitrogens with zero attached hydrogens (tertiary/aromatic N) is 3. The Balaban J connectivity index is 1.45. The quantitative estimate of drug-likeness (QED) is 0.694. The molecule has 4 amide bonds. The smallest absolute Gasteiger partial charge is 0.243 e. The first-order valence-corrected chi connectivity index (χ1v) is 9.71. The lowest BCUT2D eigenvalue weighted by atomic mass is 9.81. The fourth-order valence-corrected chi connectivity index (χ4v) is 4.07. The van der Waals surface area contributed by atoms with E-state index in [4.69, 9.17) is 0 Å². The second-order valence-electron chi connectivity index (χ2n) is 7.57. The minimum atomic E-state index is -0.370. The number of carbonyl (C=O) groups is 4. The maximum absolute atomic E-state index is 12.4. The molecule has 28 heavy (non-hydrogen) atoms. The average Bonchev–Trinajstić information content (AvgIpc) is 3.06. The van der Waals surface area contributed by atoms with E-state index in [9.17, 15) is 19.2 Å². The summed E-state index contributed by atoms with van der Waals surface area (Å²) < 4.78 is 1.67. The number of rotatable bonds is 6. The van der Waals surface area contributed by atoms with Gasteiger partial charge in [0, 0.05) is 20.0 Å². The molecule has 9 heteroatoms. The van der Waals surface area contributed by atoms with Gasteiger partial charge < -0.3 is 10.6 Å². The second kappa shape index (κ2) is 8.12. The number of imide groups is 1. The van der Waals surface area contributed by atoms with Crippen molar-refractivity contribution in [1.82, 2.24) is 20.0 Å². The summed E-state index contributed by atoms with van der Waals surface area (Å²) in [4.78, 5) is 50.2. The van der Waals surface area contributed by atoms with Crippen molar-refractivity contribution in [3.8, 4) is 0 Å². The van der Waals surface area contributed by atoms with E-state index >= 15 is 0 Å². The number of anilines is 1. The van der Waals surface area contributed by atoms with E-state index in [2.05, 4.69) is 15.7 Å². The van der Waals surface area contributed by atoms with Gasteiger partial charge >= 0.3 is 0 Å². The van der Waals surface area contributed by atoms with Crippen molar-refractivity contribution in [2.45, 2.75) is 46.0 Å². The van der Waals surface area contributed by atoms with Gasteiger partial charge in [0.1, 0.15) is 0 Å². The fourth-order valence-electron chi connectivity index (χ4n) is 4.07. The van der Waals surface area contributed by atoms with Gasteiger partial charge in [-0.3, -0.25) is 28.8 Å². The third-order valence-electron chi connectivity index (χ3n) is 5.71. The zero-order valence-corrected chi connectivity index (χ0v) is 16.6. The largest absolute Gasteiger partial charge is 0.347 e. The van der Waals surface area contributed by atoms with Crippen LogP contribution in [0.2, 0.25) is 0 Å². The van der Waals surface area contributed by atoms with Gasteiger partial charge in [-0.15, -0.1) is 0 Å². The summed E-state index contributed by atoms with van der Waals surface area (Å²) in [7, 11) is 1.79. The van der Waals surface area contributed by atoms with Crippen LogP contribution in [0.3, 0.4) is 0 Å². The molecule has 1 saturated carbocycles. The molecule has 1 aliphatic heterocycles. The van der Waals surface area contributed by atoms with Gasteiger partial charge in [0.2, 0.25) is 23.6 Å². The van der Waals surface area contributed by atoms with E-state index in [0.717, 1.165) is 31.4 Å². The highest BCUT2D eigenvalue weighted by Crippen LogP contribution is 2.37. The lowest BCUT2D eigenvalue weighted by molar-refractivity contribution is -0.140. The van der Waals surface area contributed by atoms with Crippen molar-refractivity contribution in [2.75, 3.05) is 18.4 Å². The second-order valence-corrected chi connectivity index (χ2v) is 7.57. The van der Waals surface area contributed by atoms with Gasteiger partial charge in [-0.1, -0.05) is 12.8 Å². The first-order valence-electron chi connectivity index (χ1n) is 9.71. The Labute approximate surface area is 163 Å². The number of amides is 4. The Morgan fingerprint density at radius 1 is 1.07 bits per heavy atom. The predicted octanol–water partition coefficient (Wildman–Crippen LogP) is 0.657. The molecule has 1 saturated heterocycles. The van der Waals surface area contributed by atoms with E-state index in [1.54, 1.807) is 18.7 Å². The van der Waals surface area contributed by atoms with Crippen molar-refractivity contribution in [1.29, 1.82) is 0 Å². The fraction of sp³-hybridized carbons (Fsp3) is 0.632. The van der Waals surface area contributed by atoms with Crippen LogP contribution < -0.4 is 10.6 Å². The molecule has 1 aromatic heterocycles. The molecule has 2 heterocycles. The third kappa shape index (κ3) is 3.93. The summed E-state index contributed by atoms with van der Waals surface area (Å²) in [6.07, 6.45) is 3.45. The van der Waals surface area contributed by atoms with Crippen LogP contribution in [-0.2, 0) is 26.2 Å². The zero-order valence-electron chi connectivity index (χ0n) is 16.6. The number of aromatic nitrogens is 2. The molecule has 0 spiro atoms. The lowest BCUT2D eigenvalue weighted by Gasteiger charge is -2.19. The molecule has 1 aromatic rings. The number of nitrogens with one attached hydrogen (secondary N) is 2. The molecule has 9 nitrogen and oxygen atoms in total. The van der Waals surface area contributed by atoms with Crippen molar-refractivity contribution < 1.29 is 19.2 Å². The number of aryl methyl sites for hydroxylation is 2. The van der Waals surface area contributed by atoms with Gasteiger partial charge in [0.05, 0.1) is 35.5 Å². The molecule has 2 atom stereocenters. The van der Waals surface area contributed by atoms with Gasteiger partial charge in [-0.05, 0) is 26.7 Å². The van der Waals surface area contributed by atoms with Crippen molar-refractivity contribution in [3.63, 3.8) is 0 Å². The Kier molecular flexibility index (Phi) is 5.81. The van der Waals surface area contributed by atoms with Gasteiger partial charge in [0.25, 0.3) is 0 Å². The standard InChI is InChI=1S/C19H27N5O4/c1-11-17(12(2)23(3)22-11)21-16(26)10-20-15(25)8-9-24-18(27)13-6-4-5-7-14(13)19(24)28/h13-14H,4-10H2,1-3H3,(H,20,25)(H,21,26)/t13-,14-/m0/s1. The van der Waals surface area contributed by atoms with Crippen LogP contribution in [0.4, 0.5) is 5.69 Å². The number of likely N-dealkylation sites (tertiary alicyclic amines) is 1. The molecular weight excluding hydrogens is 362 g/mol. The molecule has 0 radical (unpaired) electrons. The van der Waals surface area contributed by atoms with Crippen LogP contribution in [0.1, 0.15) is 43.5 Å². The first-order chi connectivity index (χ1) is 13.3. The highest BCUT2D eigenvalue weighted by atomic mass is 16.2. The first kappa shape index (κ1) is 20.0. The predicted molar refractivity (Wildman–Crippen MR) is 101 cm³/mol. The summed E-state index contributed by atoms with van der Waals surface area (Å²) >= 11 is 0. The van der Waals surface area contributed by atoms with Crippen LogP contribution in [0, 0.1) is 25.7 Å². The van der Waals surface area contributed by atoms with Gasteiger partial charge in [-0.2, -0.15) is 5.10 Å². The SMILES string of the molecule is Cc1nn(C)c(C)c1NC(=O)CNC(=O)CCN1C(=O)[C@H]2CCCC[C@@H]2C1=O. The van der Waals surface area contributed by atoms with E-state index in [1.807, 2.05) is 6.92 Å². The molecule has 0 aromatic carbocycles. The molecule has 2 fully saturated rings. The van der Waals surface area contributed by atoms with Crippen molar-refractivity contribution >= 4 is 29.3 Å². The minimum Gasteiger partial charge on any atom is -0.347 e. The average molecular weight is 389 g/mol. The van der Waals surface area contributed by atoms with Crippen LogP contribution in [0.25, 0.3) is 0 Å². The summed E-state index contributed by atoms with van der Waals surface area (Å²) in [5.41, 5.74) is 2.16. The van der Waals surface area contributed by atoms with E-state index < -0.39 is 0 Å². The maximum atomic E-state index is 12.4. The normalized spacial score (nSPS) is 21.6. The molecule has 2 N–H and O–H groups in total. The summed E-state index contributed by atoms with van der Waals surface area (Å²) in [6, 6.07) is 0. The van der Waals surface area contributed by atoms with Crippen LogP contribution in [0.5, 0.6) is 0 Å². The highest BCUT2D eigenvalue weighted by Gasteiger charge is 2.47. The van der Waals surface area contributed by atoms with Gasteiger partial charge in [-0.25, -0.2) is 0 Å². The van der Waals surface area contributed by atoms with Crippen molar-refractivity contribution in [2.24, 2.45) is 18.9 Å². The number of hydrogen-bond acceptors (Lipinski definition) is 5. The number of hydrogen-bond donors (Lipinski definition) is 2. The highest BCUT2D eigenvalue weighted by molar-refractivity contribution is 6.05. The molecule has 3 rings (SSSR count). The van der Waals surface area contributed by atoms with Crippen LogP contribution in [0.15, 0.2) is 0 Å². The molecule has 152 valence electrons. The Morgan fingerprint density at radius 2 is 1.68 bits per heavy atom. The minimum absolute atomic E-state index is 0.00481. The van der Waals surface area contributed by atoms with Crippen LogP contribution >= 0.6 is 0 Å². The molecule has 2 aliphatic rings. The molecule has 1 aliphatic carbocycles. The van der Waals surface area contributed by atoms with Crippen molar-refractivity contribution in [3.05, 3.63) is 11.4 Å². The number of carbonyl (C=O) groups excluding carboxylic acids is 4. The Morgan fingerprint density at radius 3 is 2.21 bits per heavy atom. The summed E-state index contributed by atoms with van der Waals surface area (Å²) in [6.45, 7) is 3.53. The van der Waals surface area contributed by atoms with E-state index in [0.29, 0.717) is 11.4 Å². The topological polar surface area (TPSA) is 113 Å². The van der Waals surface area contributed by atoms with E-state index in [-0.39, 0.29) is 55.0 Å². The number of fused-ring (bicyclic) bond motifs is 1. The summed E-state index contributed by atoms with van der Waals surface area (Å²) in [5, 5.41) is 9.50.